The van der Waals surface area contributed by atoms with E-state index in [4.69, 9.17) is 5.11 Å². The smallest absolute Gasteiger partial charge is 0.254 e. The molecule has 0 aliphatic carbocycles. The number of aromatic nitrogens is 1. The molecular formula is C10H15N3O2. The summed E-state index contributed by atoms with van der Waals surface area (Å²) in [6.07, 6.45) is 1.60. The summed E-state index contributed by atoms with van der Waals surface area (Å²) in [7, 11) is 1.56. The number of hydrogen-bond donors (Lipinski definition) is 3. The summed E-state index contributed by atoms with van der Waals surface area (Å²) in [6, 6.07) is 3.24. The van der Waals surface area contributed by atoms with Crippen molar-refractivity contribution in [2.24, 2.45) is 0 Å². The third-order valence-electron chi connectivity index (χ3n) is 1.94. The number of nitrogens with one attached hydrogen (secondary N) is 2. The van der Waals surface area contributed by atoms with Crippen molar-refractivity contribution in [3.8, 4) is 0 Å². The summed E-state index contributed by atoms with van der Waals surface area (Å²) in [4.78, 5) is 15.5. The summed E-state index contributed by atoms with van der Waals surface area (Å²) in [5, 5.41) is 14.4. The fraction of sp³-hybridized carbons (Fsp3) is 0.400. The predicted octanol–water partition coefficient (Wildman–Crippen LogP) is 0.234. The SMILES string of the molecule is CNC(=O)c1cccnc1N[C@@H](C)CO. The third kappa shape index (κ3) is 2.92. The van der Waals surface area contributed by atoms with Crippen molar-refractivity contribution >= 4 is 11.7 Å². The average Bonchev–Trinajstić information content (AvgIpc) is 2.28. The number of anilines is 1. The van der Waals surface area contributed by atoms with Crippen LogP contribution in [0.4, 0.5) is 5.82 Å². The zero-order valence-electron chi connectivity index (χ0n) is 8.82. The molecule has 0 bridgehead atoms. The van der Waals surface area contributed by atoms with Gasteiger partial charge in [-0.05, 0) is 19.1 Å². The van der Waals surface area contributed by atoms with E-state index in [2.05, 4.69) is 15.6 Å². The van der Waals surface area contributed by atoms with Gasteiger partial charge in [0.15, 0.2) is 0 Å². The first-order chi connectivity index (χ1) is 7.19. The molecule has 0 unspecified atom stereocenters. The molecule has 0 saturated carbocycles. The van der Waals surface area contributed by atoms with E-state index in [1.807, 2.05) is 6.92 Å². The van der Waals surface area contributed by atoms with Crippen LogP contribution in [0.15, 0.2) is 18.3 Å². The van der Waals surface area contributed by atoms with Crippen LogP contribution in [0.5, 0.6) is 0 Å². The largest absolute Gasteiger partial charge is 0.394 e. The van der Waals surface area contributed by atoms with Gasteiger partial charge in [0.25, 0.3) is 5.91 Å². The number of rotatable bonds is 4. The highest BCUT2D eigenvalue weighted by atomic mass is 16.3. The standard InChI is InChI=1S/C10H15N3O2/c1-7(6-14)13-9-8(10(15)11-2)4-3-5-12-9/h3-5,7,14H,6H2,1-2H3,(H,11,15)(H,12,13)/t7-/m0/s1. The second kappa shape index (κ2) is 5.31. The average molecular weight is 209 g/mol. The van der Waals surface area contributed by atoms with Gasteiger partial charge in [0.1, 0.15) is 5.82 Å². The molecule has 1 heterocycles. The molecule has 0 radical (unpaired) electrons. The minimum Gasteiger partial charge on any atom is -0.394 e. The Labute approximate surface area is 88.5 Å². The van der Waals surface area contributed by atoms with Gasteiger partial charge in [-0.2, -0.15) is 0 Å². The van der Waals surface area contributed by atoms with E-state index in [1.54, 1.807) is 25.4 Å². The second-order valence-electron chi connectivity index (χ2n) is 3.21. The second-order valence-corrected chi connectivity index (χ2v) is 3.21. The number of amides is 1. The molecular weight excluding hydrogens is 194 g/mol. The molecule has 0 spiro atoms. The Balaban J connectivity index is 2.91. The highest BCUT2D eigenvalue weighted by molar-refractivity contribution is 5.98. The maximum Gasteiger partial charge on any atom is 0.254 e. The van der Waals surface area contributed by atoms with Gasteiger partial charge in [-0.3, -0.25) is 4.79 Å². The number of aliphatic hydroxyl groups is 1. The number of hydrogen-bond acceptors (Lipinski definition) is 4. The van der Waals surface area contributed by atoms with Crippen LogP contribution in [0, 0.1) is 0 Å². The number of nitrogens with zero attached hydrogens (tertiary/aromatic N) is 1. The quantitative estimate of drug-likeness (QED) is 0.663. The van der Waals surface area contributed by atoms with Gasteiger partial charge in [-0.25, -0.2) is 4.98 Å². The summed E-state index contributed by atoms with van der Waals surface area (Å²) in [5.41, 5.74) is 0.472. The fourth-order valence-corrected chi connectivity index (χ4v) is 1.12. The van der Waals surface area contributed by atoms with Gasteiger partial charge >= 0.3 is 0 Å². The molecule has 5 nitrogen and oxygen atoms in total. The molecule has 3 N–H and O–H groups in total. The van der Waals surface area contributed by atoms with Crippen LogP contribution < -0.4 is 10.6 Å². The lowest BCUT2D eigenvalue weighted by molar-refractivity contribution is 0.0963. The Morgan fingerprint density at radius 3 is 3.00 bits per heavy atom. The van der Waals surface area contributed by atoms with E-state index in [-0.39, 0.29) is 18.6 Å². The van der Waals surface area contributed by atoms with Crippen molar-refractivity contribution in [2.75, 3.05) is 19.0 Å². The van der Waals surface area contributed by atoms with Crippen LogP contribution >= 0.6 is 0 Å². The van der Waals surface area contributed by atoms with Crippen molar-refractivity contribution < 1.29 is 9.90 Å². The van der Waals surface area contributed by atoms with E-state index in [9.17, 15) is 4.79 Å². The Morgan fingerprint density at radius 2 is 2.40 bits per heavy atom. The van der Waals surface area contributed by atoms with E-state index in [0.717, 1.165) is 0 Å². The molecule has 0 aliphatic heterocycles. The molecule has 0 fully saturated rings. The predicted molar refractivity (Wildman–Crippen MR) is 57.8 cm³/mol. The zero-order chi connectivity index (χ0) is 11.3. The zero-order valence-corrected chi connectivity index (χ0v) is 8.82. The first kappa shape index (κ1) is 11.5. The molecule has 15 heavy (non-hydrogen) atoms. The first-order valence-corrected chi connectivity index (χ1v) is 4.73. The first-order valence-electron chi connectivity index (χ1n) is 4.73. The molecule has 1 amide bonds. The minimum absolute atomic E-state index is 0.0102. The highest BCUT2D eigenvalue weighted by Crippen LogP contribution is 2.11. The molecule has 0 aromatic carbocycles. The van der Waals surface area contributed by atoms with Gasteiger partial charge in [0.05, 0.1) is 12.2 Å². The summed E-state index contributed by atoms with van der Waals surface area (Å²) >= 11 is 0. The van der Waals surface area contributed by atoms with Gasteiger partial charge in [0.2, 0.25) is 0 Å². The Hall–Kier alpha value is -1.62. The summed E-state index contributed by atoms with van der Waals surface area (Å²) in [6.45, 7) is 1.80. The highest BCUT2D eigenvalue weighted by Gasteiger charge is 2.11. The van der Waals surface area contributed by atoms with Gasteiger partial charge < -0.3 is 15.7 Å². The van der Waals surface area contributed by atoms with Crippen molar-refractivity contribution in [1.82, 2.24) is 10.3 Å². The van der Waals surface area contributed by atoms with Crippen LogP contribution in [0.3, 0.4) is 0 Å². The van der Waals surface area contributed by atoms with Crippen molar-refractivity contribution in [2.45, 2.75) is 13.0 Å². The van der Waals surface area contributed by atoms with Gasteiger partial charge in [-0.1, -0.05) is 0 Å². The lowest BCUT2D eigenvalue weighted by Gasteiger charge is -2.13. The van der Waals surface area contributed by atoms with Crippen molar-refractivity contribution in [3.05, 3.63) is 23.9 Å². The van der Waals surface area contributed by atoms with E-state index in [1.165, 1.54) is 0 Å². The Bertz CT molecular complexity index is 341. The number of carbonyl (C=O) groups is 1. The van der Waals surface area contributed by atoms with E-state index < -0.39 is 0 Å². The molecule has 1 aromatic heterocycles. The molecule has 1 aromatic rings. The topological polar surface area (TPSA) is 74.2 Å². The van der Waals surface area contributed by atoms with Crippen molar-refractivity contribution in [1.29, 1.82) is 0 Å². The maximum atomic E-state index is 11.5. The summed E-state index contributed by atoms with van der Waals surface area (Å²) < 4.78 is 0. The van der Waals surface area contributed by atoms with Crippen molar-refractivity contribution in [3.63, 3.8) is 0 Å². The van der Waals surface area contributed by atoms with Crippen LogP contribution in [-0.2, 0) is 0 Å². The fourth-order valence-electron chi connectivity index (χ4n) is 1.12. The Kier molecular flexibility index (Phi) is 4.05. The number of carbonyl (C=O) groups excluding carboxylic acids is 1. The molecule has 82 valence electrons. The molecule has 5 heteroatoms. The van der Waals surface area contributed by atoms with Gasteiger partial charge in [-0.15, -0.1) is 0 Å². The minimum atomic E-state index is -0.198. The lowest BCUT2D eigenvalue weighted by Crippen LogP contribution is -2.25. The van der Waals surface area contributed by atoms with E-state index >= 15 is 0 Å². The van der Waals surface area contributed by atoms with Gasteiger partial charge in [0, 0.05) is 19.3 Å². The maximum absolute atomic E-state index is 11.5. The molecule has 1 rings (SSSR count). The van der Waals surface area contributed by atoms with Crippen LogP contribution in [0.1, 0.15) is 17.3 Å². The lowest BCUT2D eigenvalue weighted by atomic mass is 10.2. The van der Waals surface area contributed by atoms with Crippen LogP contribution in [0.2, 0.25) is 0 Å². The number of aliphatic hydroxyl groups excluding tert-OH is 1. The van der Waals surface area contributed by atoms with Crippen LogP contribution in [-0.4, -0.2) is 35.7 Å². The molecule has 0 saturated heterocycles. The Morgan fingerprint density at radius 1 is 1.67 bits per heavy atom. The molecule has 1 atom stereocenters. The van der Waals surface area contributed by atoms with Crippen LogP contribution in [0.25, 0.3) is 0 Å². The third-order valence-corrected chi connectivity index (χ3v) is 1.94. The normalized spacial score (nSPS) is 11.9. The number of pyridine rings is 1. The van der Waals surface area contributed by atoms with E-state index in [0.29, 0.717) is 11.4 Å². The monoisotopic (exact) mass is 209 g/mol. The summed E-state index contributed by atoms with van der Waals surface area (Å²) in [5.74, 6) is 0.286. The molecule has 0 aliphatic rings.